The first-order chi connectivity index (χ1) is 30.3. The third kappa shape index (κ3) is 8.48. The summed E-state index contributed by atoms with van der Waals surface area (Å²) in [6.45, 7) is 0.577. The Bertz CT molecular complexity index is 2500. The molecule has 2 saturated heterocycles. The maximum Gasteiger partial charge on any atom is 0.407 e. The van der Waals surface area contributed by atoms with Crippen molar-refractivity contribution in [3.05, 3.63) is 117 Å². The van der Waals surface area contributed by atoms with E-state index in [1.807, 2.05) is 57.2 Å². The molecule has 16 heteroatoms. The van der Waals surface area contributed by atoms with E-state index in [2.05, 4.69) is 69.1 Å². The molecule has 2 bridgehead atoms. The Hall–Kier alpha value is -6.26. The number of likely N-dealkylation sites (tertiary alicyclic amines) is 2. The molecular weight excluding hydrogens is 825 g/mol. The largest absolute Gasteiger partial charge is 0.453 e. The molecule has 14 nitrogen and oxygen atoms in total. The molecule has 3 fully saturated rings. The van der Waals surface area contributed by atoms with Crippen molar-refractivity contribution in [1.82, 2.24) is 40.4 Å². The first kappa shape index (κ1) is 41.1. The van der Waals surface area contributed by atoms with Gasteiger partial charge in [-0.1, -0.05) is 60.7 Å². The lowest BCUT2D eigenvalue weighted by Crippen LogP contribution is -2.52. The smallest absolute Gasteiger partial charge is 0.407 e. The van der Waals surface area contributed by atoms with Gasteiger partial charge < -0.3 is 39.9 Å². The van der Waals surface area contributed by atoms with Crippen molar-refractivity contribution in [2.75, 3.05) is 20.8 Å². The van der Waals surface area contributed by atoms with Crippen LogP contribution in [0.25, 0.3) is 33.6 Å². The second-order valence-corrected chi connectivity index (χ2v) is 18.1. The van der Waals surface area contributed by atoms with Crippen molar-refractivity contribution < 1.29 is 28.7 Å². The van der Waals surface area contributed by atoms with Crippen LogP contribution in [-0.2, 0) is 31.9 Å². The van der Waals surface area contributed by atoms with E-state index >= 15 is 0 Å². The molecule has 1 saturated carbocycles. The molecule has 2 aromatic carbocycles. The van der Waals surface area contributed by atoms with E-state index < -0.39 is 24.3 Å². The zero-order valence-corrected chi connectivity index (χ0v) is 36.0. The molecule has 4 amide bonds. The third-order valence-corrected chi connectivity index (χ3v) is 14.2. The maximum absolute atomic E-state index is 14.2. The summed E-state index contributed by atoms with van der Waals surface area (Å²) in [5.74, 6) is 1.50. The number of piperidine rings is 1. The fraction of sp³-hybridized carbons (Fsp3) is 0.348. The molecular formula is C46H48N8O6S2. The van der Waals surface area contributed by atoms with Crippen molar-refractivity contribution in [2.24, 2.45) is 5.92 Å². The van der Waals surface area contributed by atoms with Crippen molar-refractivity contribution in [3.63, 3.8) is 0 Å². The fourth-order valence-corrected chi connectivity index (χ4v) is 10.9. The molecule has 320 valence electrons. The molecule has 2 aliphatic heterocycles. The minimum Gasteiger partial charge on any atom is -0.453 e. The Morgan fingerprint density at radius 1 is 0.710 bits per heavy atom. The highest BCUT2D eigenvalue weighted by molar-refractivity contribution is 7.10. The third-order valence-electron chi connectivity index (χ3n) is 12.4. The second kappa shape index (κ2) is 18.0. The summed E-state index contributed by atoms with van der Waals surface area (Å²) in [6, 6.07) is 22.6. The number of benzene rings is 2. The summed E-state index contributed by atoms with van der Waals surface area (Å²) in [6.07, 6.45) is 7.66. The number of amides is 4. The number of carbonyl (C=O) groups excluding carboxylic acids is 4. The monoisotopic (exact) mass is 872 g/mol. The van der Waals surface area contributed by atoms with E-state index in [0.29, 0.717) is 31.1 Å². The van der Waals surface area contributed by atoms with E-state index in [-0.39, 0.29) is 29.9 Å². The molecule has 6 atom stereocenters. The van der Waals surface area contributed by atoms with Gasteiger partial charge in [-0.05, 0) is 83.2 Å². The number of thiophene rings is 2. The van der Waals surface area contributed by atoms with Crippen LogP contribution in [0, 0.1) is 5.92 Å². The number of hydrogen-bond acceptors (Lipinski definition) is 10. The van der Waals surface area contributed by atoms with Crippen LogP contribution in [0.5, 0.6) is 0 Å². The first-order valence-electron chi connectivity index (χ1n) is 20.9. The highest BCUT2D eigenvalue weighted by Gasteiger charge is 2.51. The second-order valence-electron chi connectivity index (χ2n) is 16.1. The predicted molar refractivity (Wildman–Crippen MR) is 236 cm³/mol. The van der Waals surface area contributed by atoms with Crippen molar-refractivity contribution in [1.29, 1.82) is 0 Å². The fourth-order valence-electron chi connectivity index (χ4n) is 9.39. The summed E-state index contributed by atoms with van der Waals surface area (Å²) >= 11 is 3.11. The van der Waals surface area contributed by atoms with Gasteiger partial charge in [0.25, 0.3) is 0 Å². The van der Waals surface area contributed by atoms with Gasteiger partial charge in [0.1, 0.15) is 23.7 Å². The van der Waals surface area contributed by atoms with E-state index in [4.69, 9.17) is 19.4 Å². The molecule has 0 radical (unpaired) electrons. The number of methoxy groups -OCH3 is 2. The summed E-state index contributed by atoms with van der Waals surface area (Å²) in [5.41, 5.74) is 5.80. The lowest BCUT2D eigenvalue weighted by molar-refractivity contribution is -0.138. The number of imidazole rings is 2. The summed E-state index contributed by atoms with van der Waals surface area (Å²) < 4.78 is 9.73. The molecule has 62 heavy (non-hydrogen) atoms. The Morgan fingerprint density at radius 2 is 1.24 bits per heavy atom. The quantitative estimate of drug-likeness (QED) is 0.0906. The van der Waals surface area contributed by atoms with Crippen molar-refractivity contribution in [2.45, 2.75) is 75.2 Å². The Balaban J connectivity index is 0.863. The van der Waals surface area contributed by atoms with Gasteiger partial charge in [0.15, 0.2) is 0 Å². The van der Waals surface area contributed by atoms with Crippen LogP contribution in [-0.4, -0.2) is 92.6 Å². The minimum atomic E-state index is -0.746. The number of aromatic amines is 2. The van der Waals surface area contributed by atoms with Gasteiger partial charge >= 0.3 is 12.2 Å². The molecule has 6 aromatic rings. The van der Waals surface area contributed by atoms with Crippen LogP contribution >= 0.6 is 22.7 Å². The van der Waals surface area contributed by atoms with Gasteiger partial charge in [0.2, 0.25) is 11.8 Å². The number of fused-ring (bicyclic) bond motifs is 2. The molecule has 4 N–H and O–H groups in total. The van der Waals surface area contributed by atoms with Crippen LogP contribution in [0.4, 0.5) is 9.59 Å². The highest BCUT2D eigenvalue weighted by atomic mass is 32.1. The summed E-state index contributed by atoms with van der Waals surface area (Å²) in [7, 11) is 2.60. The lowest BCUT2D eigenvalue weighted by atomic mass is 9.97. The van der Waals surface area contributed by atoms with Crippen LogP contribution in [0.1, 0.15) is 65.6 Å². The number of nitrogens with zero attached hydrogens (tertiary/aromatic N) is 4. The highest BCUT2D eigenvalue weighted by Crippen LogP contribution is 2.50. The molecule has 6 heterocycles. The van der Waals surface area contributed by atoms with Gasteiger partial charge in [0.05, 0.1) is 50.1 Å². The van der Waals surface area contributed by atoms with E-state index in [9.17, 15) is 19.2 Å². The molecule has 1 aliphatic carbocycles. The SMILES string of the molecule is COC(=O)N[C@@H](Cc1cccs1)C(=O)N1CCC[C@H]1c1ncc(-c2ccc(-c3ccc(-c4cnc([C@H]5[C@H]6CC[C@@H](C6)N5C(=O)[C@@H](Cc5cccs5)NC(=O)OC)[nH]4)cc3)cc2)[nH]1. The van der Waals surface area contributed by atoms with E-state index in [1.165, 1.54) is 14.2 Å². The topological polar surface area (TPSA) is 175 Å². The van der Waals surface area contributed by atoms with E-state index in [1.54, 1.807) is 22.7 Å². The standard InChI is InChI=1S/C46H48N8O6S2/c1-59-45(57)51-35(23-33-6-4-20-61-33)43(55)53-19-3-8-39(53)41-47-25-37(49-41)29-13-9-27(10-14-29)28-11-15-30(16-12-28)38-26-48-42(50-38)40-31-17-18-32(22-31)54(40)44(56)36(52-46(58)60-2)24-34-7-5-21-62-34/h4-7,9-16,20-21,25-26,31-32,35-36,39-40H,3,8,17-19,22-24H2,1-2H3,(H,47,49)(H,48,50)(H,51,57)(H,52,58)/t31-,32-,35-,36+,39-,40+/m0/s1. The van der Waals surface area contributed by atoms with Crippen LogP contribution in [0.3, 0.4) is 0 Å². The Kier molecular flexibility index (Phi) is 11.9. The van der Waals surface area contributed by atoms with Crippen LogP contribution < -0.4 is 10.6 Å². The summed E-state index contributed by atoms with van der Waals surface area (Å²) in [5, 5.41) is 9.47. The predicted octanol–water partition coefficient (Wildman–Crippen LogP) is 7.91. The van der Waals surface area contributed by atoms with E-state index in [0.717, 1.165) is 81.3 Å². The molecule has 9 rings (SSSR count). The Labute approximate surface area is 367 Å². The first-order valence-corrected chi connectivity index (χ1v) is 22.7. The van der Waals surface area contributed by atoms with Crippen LogP contribution in [0.2, 0.25) is 0 Å². The number of H-pyrrole nitrogens is 2. The summed E-state index contributed by atoms with van der Waals surface area (Å²) in [4.78, 5) is 75.0. The van der Waals surface area contributed by atoms with Crippen LogP contribution in [0.15, 0.2) is 96.0 Å². The molecule has 4 aromatic heterocycles. The zero-order valence-electron chi connectivity index (χ0n) is 34.4. The number of aromatic nitrogens is 4. The lowest BCUT2D eigenvalue weighted by Gasteiger charge is -2.36. The average Bonchev–Trinajstić information content (AvgIpc) is 4.16. The number of alkyl carbamates (subject to hydrolysis) is 2. The Morgan fingerprint density at radius 3 is 1.79 bits per heavy atom. The van der Waals surface area contributed by atoms with Gasteiger partial charge in [0, 0.05) is 35.2 Å². The van der Waals surface area contributed by atoms with Gasteiger partial charge in [-0.3, -0.25) is 9.59 Å². The number of rotatable bonds is 13. The normalized spacial score (nSPS) is 20.2. The number of carbonyl (C=O) groups is 4. The van der Waals surface area contributed by atoms with Crippen molar-refractivity contribution in [3.8, 4) is 33.6 Å². The number of hydrogen-bond donors (Lipinski definition) is 4. The van der Waals surface area contributed by atoms with Gasteiger partial charge in [-0.15, -0.1) is 22.7 Å². The molecule has 3 aliphatic rings. The minimum absolute atomic E-state index is 0.101. The average molecular weight is 873 g/mol. The van der Waals surface area contributed by atoms with Gasteiger partial charge in [-0.2, -0.15) is 0 Å². The zero-order chi connectivity index (χ0) is 42.7. The van der Waals surface area contributed by atoms with Gasteiger partial charge in [-0.25, -0.2) is 19.6 Å². The number of nitrogens with one attached hydrogen (secondary N) is 4. The maximum atomic E-state index is 14.2. The molecule has 0 unspecified atom stereocenters. The molecule has 0 spiro atoms. The van der Waals surface area contributed by atoms with Crippen molar-refractivity contribution >= 4 is 46.7 Å². The number of ether oxygens (including phenoxy) is 2.